The number of carbonyl (C=O) groups is 1. The third-order valence-corrected chi connectivity index (χ3v) is 6.36. The first-order valence-corrected chi connectivity index (χ1v) is 11.1. The van der Waals surface area contributed by atoms with Gasteiger partial charge in [-0.25, -0.2) is 22.9 Å². The summed E-state index contributed by atoms with van der Waals surface area (Å²) < 4.78 is 25.4. The molecule has 0 bridgehead atoms. The summed E-state index contributed by atoms with van der Waals surface area (Å²) >= 11 is 7.24. The van der Waals surface area contributed by atoms with Crippen LogP contribution in [0.4, 0.5) is 10.5 Å². The topological polar surface area (TPSA) is 138 Å². The number of aromatic nitrogens is 1. The quantitative estimate of drug-likeness (QED) is 0.539. The van der Waals surface area contributed by atoms with Gasteiger partial charge in [-0.15, -0.1) is 11.3 Å². The molecule has 30 heavy (non-hydrogen) atoms. The van der Waals surface area contributed by atoms with Crippen molar-refractivity contribution >= 4 is 50.9 Å². The van der Waals surface area contributed by atoms with Gasteiger partial charge in [-0.05, 0) is 36.4 Å². The van der Waals surface area contributed by atoms with E-state index in [4.69, 9.17) is 17.3 Å². The second-order valence-electron chi connectivity index (χ2n) is 5.93. The molecule has 0 saturated carbocycles. The van der Waals surface area contributed by atoms with Gasteiger partial charge in [-0.3, -0.25) is 4.99 Å². The van der Waals surface area contributed by atoms with Gasteiger partial charge < -0.3 is 5.73 Å². The van der Waals surface area contributed by atoms with Gasteiger partial charge in [0.2, 0.25) is 0 Å². The highest BCUT2D eigenvalue weighted by Crippen LogP contribution is 2.27. The molecule has 0 radical (unpaired) electrons. The number of nitriles is 1. The molecule has 3 N–H and O–H groups in total. The number of carbonyl (C=O) groups excluding carboxylic acids is 1. The summed E-state index contributed by atoms with van der Waals surface area (Å²) in [6.45, 7) is 0. The van der Waals surface area contributed by atoms with E-state index in [0.29, 0.717) is 15.7 Å². The zero-order chi connectivity index (χ0) is 21.7. The minimum atomic E-state index is -4.03. The first-order valence-electron chi connectivity index (χ1n) is 8.36. The fourth-order valence-corrected chi connectivity index (χ4v) is 4.23. The van der Waals surface area contributed by atoms with Crippen LogP contribution in [-0.2, 0) is 10.0 Å². The van der Waals surface area contributed by atoms with Gasteiger partial charge in [0, 0.05) is 22.2 Å². The highest BCUT2D eigenvalue weighted by Gasteiger charge is 2.16. The molecular formula is C19H14ClN5O3S2. The first-order chi connectivity index (χ1) is 14.3. The third-order valence-electron chi connectivity index (χ3n) is 3.82. The van der Waals surface area contributed by atoms with E-state index in [-0.39, 0.29) is 4.90 Å². The Labute approximate surface area is 181 Å². The molecule has 2 aromatic carbocycles. The Kier molecular flexibility index (Phi) is 6.47. The lowest BCUT2D eigenvalue weighted by atomic mass is 10.1. The number of benzene rings is 2. The smallest absolute Gasteiger partial charge is 0.326 e. The third kappa shape index (κ3) is 5.21. The minimum Gasteiger partial charge on any atom is -0.351 e. The fraction of sp³-hybridized carbons (Fsp3) is 0.0526. The molecule has 2 amide bonds. The number of urea groups is 1. The molecule has 1 atom stereocenters. The number of nitrogens with two attached hydrogens (primary N) is 1. The predicted octanol–water partition coefficient (Wildman–Crippen LogP) is 3.83. The average molecular weight is 460 g/mol. The van der Waals surface area contributed by atoms with Gasteiger partial charge in [0.15, 0.2) is 0 Å². The highest BCUT2D eigenvalue weighted by atomic mass is 35.5. The number of amides is 2. The Balaban J connectivity index is 1.75. The summed E-state index contributed by atoms with van der Waals surface area (Å²) in [6, 6.07) is 13.6. The lowest BCUT2D eigenvalue weighted by Gasteiger charge is -2.04. The van der Waals surface area contributed by atoms with E-state index < -0.39 is 22.0 Å². The van der Waals surface area contributed by atoms with Gasteiger partial charge in [0.25, 0.3) is 10.0 Å². The van der Waals surface area contributed by atoms with E-state index in [2.05, 4.69) is 16.0 Å². The van der Waals surface area contributed by atoms with Gasteiger partial charge >= 0.3 is 6.03 Å². The van der Waals surface area contributed by atoms with Crippen LogP contribution in [0, 0.1) is 11.3 Å². The molecule has 3 aromatic rings. The average Bonchev–Trinajstić information content (AvgIpc) is 3.18. The van der Waals surface area contributed by atoms with Crippen molar-refractivity contribution in [2.75, 3.05) is 0 Å². The Morgan fingerprint density at radius 1 is 1.23 bits per heavy atom. The molecule has 0 fully saturated rings. The second-order valence-corrected chi connectivity index (χ2v) is 8.93. The molecule has 152 valence electrons. The maximum absolute atomic E-state index is 11.9. The van der Waals surface area contributed by atoms with E-state index in [1.54, 1.807) is 16.9 Å². The molecule has 0 saturated heterocycles. The summed E-state index contributed by atoms with van der Waals surface area (Å²) in [5, 5.41) is 12.5. The molecular weight excluding hydrogens is 446 g/mol. The van der Waals surface area contributed by atoms with Crippen LogP contribution < -0.4 is 10.5 Å². The zero-order valence-electron chi connectivity index (χ0n) is 15.2. The van der Waals surface area contributed by atoms with Crippen LogP contribution in [0.25, 0.3) is 11.3 Å². The molecule has 3 rings (SSSR count). The maximum Gasteiger partial charge on any atom is 0.326 e. The van der Waals surface area contributed by atoms with Gasteiger partial charge in [-0.2, -0.15) is 5.26 Å². The van der Waals surface area contributed by atoms with Crippen molar-refractivity contribution in [3.63, 3.8) is 0 Å². The number of nitrogens with zero attached hydrogens (tertiary/aromatic N) is 3. The van der Waals surface area contributed by atoms with Crippen LogP contribution in [0.3, 0.4) is 0 Å². The Hall–Kier alpha value is -3.26. The van der Waals surface area contributed by atoms with Crippen molar-refractivity contribution in [1.82, 2.24) is 9.71 Å². The van der Waals surface area contributed by atoms with E-state index in [1.165, 1.54) is 41.8 Å². The normalized spacial score (nSPS) is 12.4. The zero-order valence-corrected chi connectivity index (χ0v) is 17.6. The highest BCUT2D eigenvalue weighted by molar-refractivity contribution is 7.90. The van der Waals surface area contributed by atoms with Crippen molar-refractivity contribution < 1.29 is 13.2 Å². The van der Waals surface area contributed by atoms with Crippen LogP contribution in [0.15, 0.2) is 63.8 Å². The Morgan fingerprint density at radius 3 is 2.50 bits per heavy atom. The number of thiazole rings is 1. The van der Waals surface area contributed by atoms with Crippen LogP contribution in [0.2, 0.25) is 5.02 Å². The molecule has 8 nitrogen and oxygen atoms in total. The number of primary amides is 1. The van der Waals surface area contributed by atoms with Crippen LogP contribution in [0.1, 0.15) is 10.9 Å². The predicted molar refractivity (Wildman–Crippen MR) is 115 cm³/mol. The van der Waals surface area contributed by atoms with Gasteiger partial charge in [0.05, 0.1) is 22.3 Å². The molecule has 1 unspecified atom stereocenters. The number of rotatable bonds is 6. The van der Waals surface area contributed by atoms with Crippen LogP contribution >= 0.6 is 22.9 Å². The van der Waals surface area contributed by atoms with Gasteiger partial charge in [-0.1, -0.05) is 23.7 Å². The molecule has 0 aliphatic carbocycles. The summed E-state index contributed by atoms with van der Waals surface area (Å²) in [5.41, 5.74) is 6.90. The van der Waals surface area contributed by atoms with Crippen molar-refractivity contribution in [2.45, 2.75) is 10.8 Å². The van der Waals surface area contributed by atoms with Crippen molar-refractivity contribution in [1.29, 1.82) is 5.26 Å². The van der Waals surface area contributed by atoms with Crippen molar-refractivity contribution in [3.05, 3.63) is 63.9 Å². The van der Waals surface area contributed by atoms with E-state index >= 15 is 0 Å². The number of sulfonamides is 1. The molecule has 1 aromatic heterocycles. The van der Waals surface area contributed by atoms with E-state index in [1.807, 2.05) is 17.5 Å². The molecule has 1 heterocycles. The summed E-state index contributed by atoms with van der Waals surface area (Å²) in [5.74, 6) is -0.670. The lowest BCUT2D eigenvalue weighted by Crippen LogP contribution is -2.34. The van der Waals surface area contributed by atoms with Gasteiger partial charge in [0.1, 0.15) is 10.9 Å². The first kappa shape index (κ1) is 21.4. The SMILES string of the molecule is N#CC(C=Nc1ccc(S(=O)(=O)NC(N)=O)cc1)c1nc(-c2ccc(Cl)cc2)cs1. The molecule has 11 heteroatoms. The summed E-state index contributed by atoms with van der Waals surface area (Å²) in [4.78, 5) is 19.4. The van der Waals surface area contributed by atoms with Crippen molar-refractivity contribution in [3.8, 4) is 17.3 Å². The lowest BCUT2D eigenvalue weighted by molar-refractivity contribution is 0.253. The van der Waals surface area contributed by atoms with Crippen LogP contribution in [-0.4, -0.2) is 25.6 Å². The number of nitrogens with one attached hydrogen (secondary N) is 1. The number of aliphatic imine (C=N–C) groups is 1. The fourth-order valence-electron chi connectivity index (χ4n) is 2.40. The Morgan fingerprint density at radius 2 is 1.90 bits per heavy atom. The largest absolute Gasteiger partial charge is 0.351 e. The van der Waals surface area contributed by atoms with E-state index in [0.717, 1.165) is 11.3 Å². The summed E-state index contributed by atoms with van der Waals surface area (Å²) in [6.07, 6.45) is 1.44. The summed E-state index contributed by atoms with van der Waals surface area (Å²) in [7, 11) is -4.03. The number of hydrogen-bond acceptors (Lipinski definition) is 7. The monoisotopic (exact) mass is 459 g/mol. The molecule has 0 spiro atoms. The van der Waals surface area contributed by atoms with Crippen LogP contribution in [0.5, 0.6) is 0 Å². The number of hydrogen-bond donors (Lipinski definition) is 2. The molecule has 0 aliphatic rings. The Bertz CT molecular complexity index is 1230. The second kappa shape index (κ2) is 9.04. The standard InChI is InChI=1S/C19H14ClN5O3S2/c20-14-3-1-12(2-4-14)17-11-29-18(24-17)13(9-21)10-23-15-5-7-16(8-6-15)30(27,28)25-19(22)26/h1-8,10-11,13H,(H3,22,25,26). The number of halogens is 1. The molecule has 0 aliphatic heterocycles. The van der Waals surface area contributed by atoms with E-state index in [9.17, 15) is 18.5 Å². The van der Waals surface area contributed by atoms with Crippen molar-refractivity contribution in [2.24, 2.45) is 10.7 Å². The minimum absolute atomic E-state index is 0.135. The maximum atomic E-state index is 11.9.